The van der Waals surface area contributed by atoms with Gasteiger partial charge in [-0.05, 0) is 66.6 Å². The second kappa shape index (κ2) is 9.68. The van der Waals surface area contributed by atoms with Gasteiger partial charge in [0.2, 0.25) is 0 Å². The van der Waals surface area contributed by atoms with Crippen LogP contribution in [0.15, 0.2) is 66.7 Å². The zero-order chi connectivity index (χ0) is 23.4. The standard InChI is InChI=1S/C25H23F2N3O3/c1-33-23-5-2-4-18(14-23)24(31)28-21-6-8-22(9-7-21)30-11-3-10-29(25(30)32)16-17-12-19(26)15-20(27)13-17/h2,4-9,12-15H,3,10-11,16H2,1H3,(H,28,31). The van der Waals surface area contributed by atoms with Crippen molar-refractivity contribution in [3.05, 3.63) is 89.5 Å². The number of halogens is 2. The van der Waals surface area contributed by atoms with Gasteiger partial charge >= 0.3 is 6.03 Å². The van der Waals surface area contributed by atoms with Crippen LogP contribution in [0.2, 0.25) is 0 Å². The van der Waals surface area contributed by atoms with Crippen molar-refractivity contribution in [1.82, 2.24) is 4.90 Å². The minimum absolute atomic E-state index is 0.124. The van der Waals surface area contributed by atoms with Gasteiger partial charge in [-0.1, -0.05) is 6.07 Å². The summed E-state index contributed by atoms with van der Waals surface area (Å²) in [5.74, 6) is -1.02. The lowest BCUT2D eigenvalue weighted by Crippen LogP contribution is -2.49. The Morgan fingerprint density at radius 3 is 2.42 bits per heavy atom. The van der Waals surface area contributed by atoms with Crippen molar-refractivity contribution in [2.75, 3.05) is 30.4 Å². The minimum atomic E-state index is -0.669. The third-order valence-corrected chi connectivity index (χ3v) is 5.38. The molecule has 0 spiro atoms. The van der Waals surface area contributed by atoms with Crippen LogP contribution in [0.3, 0.4) is 0 Å². The highest BCUT2D eigenvalue weighted by atomic mass is 19.1. The Hall–Kier alpha value is -3.94. The molecule has 0 aliphatic carbocycles. The maximum Gasteiger partial charge on any atom is 0.324 e. The van der Waals surface area contributed by atoms with Crippen LogP contribution in [-0.4, -0.2) is 37.0 Å². The Morgan fingerprint density at radius 2 is 1.73 bits per heavy atom. The third-order valence-electron chi connectivity index (χ3n) is 5.38. The number of urea groups is 1. The average Bonchev–Trinajstić information content (AvgIpc) is 2.80. The first-order valence-corrected chi connectivity index (χ1v) is 10.5. The Balaban J connectivity index is 1.43. The number of nitrogens with one attached hydrogen (secondary N) is 1. The molecule has 3 amide bonds. The van der Waals surface area contributed by atoms with Gasteiger partial charge < -0.3 is 15.0 Å². The zero-order valence-electron chi connectivity index (χ0n) is 18.1. The lowest BCUT2D eigenvalue weighted by molar-refractivity contribution is 0.102. The number of rotatable bonds is 6. The molecule has 170 valence electrons. The summed E-state index contributed by atoms with van der Waals surface area (Å²) in [6, 6.07) is 16.8. The van der Waals surface area contributed by atoms with Crippen LogP contribution < -0.4 is 15.0 Å². The molecule has 1 aliphatic rings. The van der Waals surface area contributed by atoms with Crippen LogP contribution in [0.4, 0.5) is 25.0 Å². The summed E-state index contributed by atoms with van der Waals surface area (Å²) in [5.41, 5.74) is 2.13. The predicted octanol–water partition coefficient (Wildman–Crippen LogP) is 5.06. The Bertz CT molecular complexity index is 1150. The second-order valence-corrected chi connectivity index (χ2v) is 7.72. The van der Waals surface area contributed by atoms with Gasteiger partial charge in [-0.25, -0.2) is 13.6 Å². The number of anilines is 2. The van der Waals surface area contributed by atoms with Gasteiger partial charge in [0.05, 0.1) is 7.11 Å². The summed E-state index contributed by atoms with van der Waals surface area (Å²) < 4.78 is 32.2. The normalized spacial score (nSPS) is 13.7. The highest BCUT2D eigenvalue weighted by Crippen LogP contribution is 2.24. The molecular weight excluding hydrogens is 428 g/mol. The lowest BCUT2D eigenvalue weighted by atomic mass is 10.1. The van der Waals surface area contributed by atoms with E-state index in [0.29, 0.717) is 41.3 Å². The van der Waals surface area contributed by atoms with Crippen molar-refractivity contribution in [2.45, 2.75) is 13.0 Å². The van der Waals surface area contributed by atoms with Crippen molar-refractivity contribution in [3.63, 3.8) is 0 Å². The molecule has 1 N–H and O–H groups in total. The van der Waals surface area contributed by atoms with E-state index >= 15 is 0 Å². The van der Waals surface area contributed by atoms with Crippen LogP contribution >= 0.6 is 0 Å². The molecule has 6 nitrogen and oxygen atoms in total. The highest BCUT2D eigenvalue weighted by molar-refractivity contribution is 6.04. The fourth-order valence-electron chi connectivity index (χ4n) is 3.78. The molecule has 0 aromatic heterocycles. The number of methoxy groups -OCH3 is 1. The van der Waals surface area contributed by atoms with Crippen molar-refractivity contribution in [2.24, 2.45) is 0 Å². The van der Waals surface area contributed by atoms with Crippen LogP contribution in [0, 0.1) is 11.6 Å². The topological polar surface area (TPSA) is 61.9 Å². The van der Waals surface area contributed by atoms with E-state index in [2.05, 4.69) is 5.32 Å². The molecule has 1 saturated heterocycles. The maximum atomic E-state index is 13.5. The largest absolute Gasteiger partial charge is 0.497 e. The SMILES string of the molecule is COc1cccc(C(=O)Nc2ccc(N3CCCN(Cc4cc(F)cc(F)c4)C3=O)cc2)c1. The summed E-state index contributed by atoms with van der Waals surface area (Å²) in [6.45, 7) is 1.16. The van der Waals surface area contributed by atoms with Crippen molar-refractivity contribution in [1.29, 1.82) is 0 Å². The molecule has 0 unspecified atom stereocenters. The molecule has 0 atom stereocenters. The number of carbonyl (C=O) groups is 2. The van der Waals surface area contributed by atoms with E-state index in [1.165, 1.54) is 19.2 Å². The lowest BCUT2D eigenvalue weighted by Gasteiger charge is -2.35. The van der Waals surface area contributed by atoms with Crippen LogP contribution in [0.25, 0.3) is 0 Å². The van der Waals surface area contributed by atoms with E-state index in [9.17, 15) is 18.4 Å². The second-order valence-electron chi connectivity index (χ2n) is 7.72. The van der Waals surface area contributed by atoms with E-state index in [-0.39, 0.29) is 18.5 Å². The monoisotopic (exact) mass is 451 g/mol. The third kappa shape index (κ3) is 5.28. The van der Waals surface area contributed by atoms with Gasteiger partial charge in [0.1, 0.15) is 17.4 Å². The van der Waals surface area contributed by atoms with Crippen molar-refractivity contribution in [3.8, 4) is 5.75 Å². The Morgan fingerprint density at radius 1 is 1.00 bits per heavy atom. The average molecular weight is 451 g/mol. The molecule has 4 rings (SSSR count). The van der Waals surface area contributed by atoms with Crippen LogP contribution in [-0.2, 0) is 6.54 Å². The van der Waals surface area contributed by atoms with Crippen molar-refractivity contribution >= 4 is 23.3 Å². The number of hydrogen-bond donors (Lipinski definition) is 1. The van der Waals surface area contributed by atoms with Crippen LogP contribution in [0.1, 0.15) is 22.3 Å². The highest BCUT2D eigenvalue weighted by Gasteiger charge is 2.27. The fraction of sp³-hybridized carbons (Fsp3) is 0.200. The number of carbonyl (C=O) groups excluding carboxylic acids is 2. The van der Waals surface area contributed by atoms with E-state index in [1.54, 1.807) is 58.3 Å². The molecule has 3 aromatic carbocycles. The van der Waals surface area contributed by atoms with E-state index in [0.717, 1.165) is 12.5 Å². The smallest absolute Gasteiger partial charge is 0.324 e. The first-order valence-electron chi connectivity index (χ1n) is 10.5. The van der Waals surface area contributed by atoms with Gasteiger partial charge in [0, 0.05) is 42.6 Å². The summed E-state index contributed by atoms with van der Waals surface area (Å²) in [4.78, 5) is 28.7. The molecule has 1 heterocycles. The Kier molecular flexibility index (Phi) is 6.53. The number of benzene rings is 3. The number of nitrogens with zero attached hydrogens (tertiary/aromatic N) is 2. The molecule has 0 radical (unpaired) electrons. The van der Waals surface area contributed by atoms with Gasteiger partial charge in [0.15, 0.2) is 0 Å². The van der Waals surface area contributed by atoms with Gasteiger partial charge in [0.25, 0.3) is 5.91 Å². The molecule has 3 aromatic rings. The minimum Gasteiger partial charge on any atom is -0.497 e. The molecule has 1 fully saturated rings. The summed E-state index contributed by atoms with van der Waals surface area (Å²) >= 11 is 0. The predicted molar refractivity (Wildman–Crippen MR) is 122 cm³/mol. The maximum absolute atomic E-state index is 13.5. The van der Waals surface area contributed by atoms with Crippen molar-refractivity contribution < 1.29 is 23.1 Å². The first kappa shape index (κ1) is 22.3. The summed E-state index contributed by atoms with van der Waals surface area (Å²) in [6.07, 6.45) is 0.720. The van der Waals surface area contributed by atoms with E-state index in [1.807, 2.05) is 0 Å². The van der Waals surface area contributed by atoms with Gasteiger partial charge in [-0.2, -0.15) is 0 Å². The fourth-order valence-corrected chi connectivity index (χ4v) is 3.78. The van der Waals surface area contributed by atoms with E-state index in [4.69, 9.17) is 4.74 Å². The summed E-state index contributed by atoms with van der Waals surface area (Å²) in [5, 5.41) is 2.82. The molecule has 0 saturated carbocycles. The number of hydrogen-bond acceptors (Lipinski definition) is 3. The first-order chi connectivity index (χ1) is 15.9. The number of ether oxygens (including phenoxy) is 1. The number of amides is 3. The zero-order valence-corrected chi connectivity index (χ0v) is 18.1. The molecule has 1 aliphatic heterocycles. The Labute approximate surface area is 190 Å². The molecule has 8 heteroatoms. The molecule has 33 heavy (non-hydrogen) atoms. The van der Waals surface area contributed by atoms with Gasteiger partial charge in [-0.15, -0.1) is 0 Å². The molecule has 0 bridgehead atoms. The van der Waals surface area contributed by atoms with Crippen LogP contribution in [0.5, 0.6) is 5.75 Å². The van der Waals surface area contributed by atoms with E-state index < -0.39 is 11.6 Å². The van der Waals surface area contributed by atoms with Gasteiger partial charge in [-0.3, -0.25) is 9.69 Å². The molecular formula is C25H23F2N3O3. The quantitative estimate of drug-likeness (QED) is 0.570. The summed E-state index contributed by atoms with van der Waals surface area (Å²) in [7, 11) is 1.54.